The van der Waals surface area contributed by atoms with Crippen molar-refractivity contribution >= 4 is 21.8 Å². The van der Waals surface area contributed by atoms with E-state index >= 15 is 0 Å². The van der Waals surface area contributed by atoms with Crippen LogP contribution in [0, 0.1) is 5.92 Å². The van der Waals surface area contributed by atoms with Gasteiger partial charge < -0.3 is 4.90 Å². The first-order valence-electron chi connectivity index (χ1n) is 7.72. The number of carbonyl (C=O) groups excluding carboxylic acids is 1. The van der Waals surface area contributed by atoms with Crippen LogP contribution >= 0.6 is 15.9 Å². The van der Waals surface area contributed by atoms with E-state index in [1.165, 1.54) is 24.8 Å². The van der Waals surface area contributed by atoms with Gasteiger partial charge in [0.1, 0.15) is 0 Å². The predicted molar refractivity (Wildman–Crippen MR) is 85.1 cm³/mol. The van der Waals surface area contributed by atoms with Crippen molar-refractivity contribution in [1.82, 2.24) is 4.90 Å². The summed E-state index contributed by atoms with van der Waals surface area (Å²) in [5, 5.41) is 0.994. The molecule has 1 aliphatic heterocycles. The highest BCUT2D eigenvalue weighted by Gasteiger charge is 2.46. The van der Waals surface area contributed by atoms with Crippen molar-refractivity contribution in [2.75, 3.05) is 11.9 Å². The molecule has 0 aromatic heterocycles. The van der Waals surface area contributed by atoms with Crippen LogP contribution in [0.2, 0.25) is 0 Å². The average molecular weight is 336 g/mol. The number of likely N-dealkylation sites (tertiary alicyclic amines) is 1. The van der Waals surface area contributed by atoms with Crippen molar-refractivity contribution < 1.29 is 4.79 Å². The van der Waals surface area contributed by atoms with Crippen molar-refractivity contribution in [2.24, 2.45) is 5.92 Å². The zero-order valence-electron chi connectivity index (χ0n) is 11.8. The summed E-state index contributed by atoms with van der Waals surface area (Å²) in [5.74, 6) is 1.12. The molecule has 20 heavy (non-hydrogen) atoms. The smallest absolute Gasteiger partial charge is 0.226 e. The fourth-order valence-electron chi connectivity index (χ4n) is 3.47. The van der Waals surface area contributed by atoms with Crippen molar-refractivity contribution in [1.29, 1.82) is 0 Å². The Morgan fingerprint density at radius 3 is 2.80 bits per heavy atom. The van der Waals surface area contributed by atoms with Crippen LogP contribution in [-0.4, -0.2) is 28.7 Å². The van der Waals surface area contributed by atoms with Crippen LogP contribution in [-0.2, 0) is 4.79 Å². The normalized spacial score (nSPS) is 29.2. The van der Waals surface area contributed by atoms with Crippen molar-refractivity contribution in [3.05, 3.63) is 35.9 Å². The molecule has 1 heterocycles. The second-order valence-corrected chi connectivity index (χ2v) is 6.81. The zero-order chi connectivity index (χ0) is 13.9. The molecule has 0 radical (unpaired) electrons. The topological polar surface area (TPSA) is 20.3 Å². The average Bonchev–Trinajstić information content (AvgIpc) is 3.29. The van der Waals surface area contributed by atoms with Gasteiger partial charge in [0.2, 0.25) is 5.91 Å². The van der Waals surface area contributed by atoms with E-state index in [9.17, 15) is 4.79 Å². The summed E-state index contributed by atoms with van der Waals surface area (Å²) in [6, 6.07) is 11.0. The third-order valence-corrected chi connectivity index (χ3v) is 5.15. The Kier molecular flexibility index (Phi) is 4.45. The van der Waals surface area contributed by atoms with Crippen molar-refractivity contribution in [2.45, 2.75) is 44.1 Å². The molecule has 1 amide bonds. The Labute approximate surface area is 129 Å². The van der Waals surface area contributed by atoms with Gasteiger partial charge in [-0.3, -0.25) is 4.79 Å². The Hall–Kier alpha value is -0.830. The lowest BCUT2D eigenvalue weighted by Crippen LogP contribution is -2.44. The molecule has 0 spiro atoms. The molecule has 1 saturated carbocycles. The molecule has 1 aliphatic carbocycles. The van der Waals surface area contributed by atoms with E-state index in [-0.39, 0.29) is 5.92 Å². The molecular formula is C17H22BrNO. The quantitative estimate of drug-likeness (QED) is 0.762. The van der Waals surface area contributed by atoms with Gasteiger partial charge in [0.25, 0.3) is 0 Å². The fourth-order valence-corrected chi connectivity index (χ4v) is 3.99. The fraction of sp³-hybridized carbons (Fsp3) is 0.588. The molecule has 2 fully saturated rings. The first kappa shape index (κ1) is 14.1. The Morgan fingerprint density at radius 2 is 2.05 bits per heavy atom. The maximum Gasteiger partial charge on any atom is 0.226 e. The Bertz CT molecular complexity index is 459. The third kappa shape index (κ3) is 2.93. The molecular weight excluding hydrogens is 314 g/mol. The van der Waals surface area contributed by atoms with Gasteiger partial charge in [0, 0.05) is 23.8 Å². The molecule has 1 aromatic carbocycles. The lowest BCUT2D eigenvalue weighted by atomic mass is 9.99. The lowest BCUT2D eigenvalue weighted by Gasteiger charge is -2.36. The minimum atomic E-state index is 0.244. The van der Waals surface area contributed by atoms with Crippen LogP contribution < -0.4 is 0 Å². The highest BCUT2D eigenvalue weighted by molar-refractivity contribution is 9.09. The number of piperidine rings is 1. The van der Waals surface area contributed by atoms with E-state index in [1.54, 1.807) is 0 Å². The molecule has 2 nitrogen and oxygen atoms in total. The molecule has 2 aliphatic rings. The molecule has 1 aromatic rings. The van der Waals surface area contributed by atoms with Gasteiger partial charge in [-0.05, 0) is 43.6 Å². The van der Waals surface area contributed by atoms with Crippen LogP contribution in [0.3, 0.4) is 0 Å². The highest BCUT2D eigenvalue weighted by atomic mass is 79.9. The first-order chi connectivity index (χ1) is 9.81. The van der Waals surface area contributed by atoms with Gasteiger partial charge in [-0.25, -0.2) is 0 Å². The van der Waals surface area contributed by atoms with E-state index < -0.39 is 0 Å². The zero-order valence-corrected chi connectivity index (χ0v) is 13.4. The van der Waals surface area contributed by atoms with Crippen LogP contribution in [0.4, 0.5) is 0 Å². The summed E-state index contributed by atoms with van der Waals surface area (Å²) in [6.45, 7) is 0.967. The van der Waals surface area contributed by atoms with E-state index in [1.807, 2.05) is 6.07 Å². The monoisotopic (exact) mass is 335 g/mol. The molecule has 108 valence electrons. The van der Waals surface area contributed by atoms with Gasteiger partial charge in [0.05, 0.1) is 0 Å². The van der Waals surface area contributed by atoms with Gasteiger partial charge >= 0.3 is 0 Å². The van der Waals surface area contributed by atoms with Crippen LogP contribution in [0.5, 0.6) is 0 Å². The largest absolute Gasteiger partial charge is 0.339 e. The number of rotatable bonds is 4. The molecule has 1 saturated heterocycles. The maximum absolute atomic E-state index is 12.7. The minimum absolute atomic E-state index is 0.244. The SMILES string of the molecule is O=C(C1CC1c1ccccc1)N1CCCCC1CCBr. The molecule has 0 N–H and O–H groups in total. The number of amides is 1. The molecule has 3 atom stereocenters. The number of hydrogen-bond donors (Lipinski definition) is 0. The maximum atomic E-state index is 12.7. The van der Waals surface area contributed by atoms with Gasteiger partial charge in [-0.15, -0.1) is 0 Å². The minimum Gasteiger partial charge on any atom is -0.339 e. The summed E-state index contributed by atoms with van der Waals surface area (Å²) in [6.07, 6.45) is 5.76. The highest BCUT2D eigenvalue weighted by Crippen LogP contribution is 2.49. The Morgan fingerprint density at radius 1 is 1.25 bits per heavy atom. The van der Waals surface area contributed by atoms with Crippen molar-refractivity contribution in [3.63, 3.8) is 0 Å². The number of benzene rings is 1. The molecule has 3 heteroatoms. The van der Waals surface area contributed by atoms with Gasteiger partial charge in [-0.2, -0.15) is 0 Å². The van der Waals surface area contributed by atoms with E-state index in [4.69, 9.17) is 0 Å². The van der Waals surface area contributed by atoms with Gasteiger partial charge in [-0.1, -0.05) is 46.3 Å². The number of nitrogens with zero attached hydrogens (tertiary/aromatic N) is 1. The Balaban J connectivity index is 1.64. The summed E-state index contributed by atoms with van der Waals surface area (Å²) < 4.78 is 0. The van der Waals surface area contributed by atoms with Crippen LogP contribution in [0.1, 0.15) is 43.6 Å². The van der Waals surface area contributed by atoms with E-state index in [0.717, 1.165) is 24.7 Å². The summed E-state index contributed by atoms with van der Waals surface area (Å²) in [5.41, 5.74) is 1.33. The van der Waals surface area contributed by atoms with E-state index in [0.29, 0.717) is 17.9 Å². The number of alkyl halides is 1. The second-order valence-electron chi connectivity index (χ2n) is 6.02. The number of hydrogen-bond acceptors (Lipinski definition) is 1. The summed E-state index contributed by atoms with van der Waals surface area (Å²) >= 11 is 3.52. The second kappa shape index (κ2) is 6.30. The first-order valence-corrected chi connectivity index (χ1v) is 8.85. The van der Waals surface area contributed by atoms with Crippen LogP contribution in [0.25, 0.3) is 0 Å². The summed E-state index contributed by atoms with van der Waals surface area (Å²) in [4.78, 5) is 14.9. The van der Waals surface area contributed by atoms with Gasteiger partial charge in [0.15, 0.2) is 0 Å². The summed E-state index contributed by atoms with van der Waals surface area (Å²) in [7, 11) is 0. The lowest BCUT2D eigenvalue weighted by molar-refractivity contribution is -0.136. The standard InChI is InChI=1S/C17H22BrNO/c18-10-9-14-8-4-5-11-19(14)17(20)16-12-15(16)13-6-2-1-3-7-13/h1-3,6-7,14-16H,4-5,8-12H2. The number of carbonyl (C=O) groups is 1. The van der Waals surface area contributed by atoms with Crippen molar-refractivity contribution in [3.8, 4) is 0 Å². The predicted octanol–water partition coefficient (Wildman–Crippen LogP) is 3.96. The third-order valence-electron chi connectivity index (χ3n) is 4.69. The van der Waals surface area contributed by atoms with E-state index in [2.05, 4.69) is 45.1 Å². The molecule has 3 rings (SSSR count). The van der Waals surface area contributed by atoms with Crippen LogP contribution in [0.15, 0.2) is 30.3 Å². The molecule has 0 bridgehead atoms. The molecule has 3 unspecified atom stereocenters. The number of halogens is 1.